The molecule has 0 amide bonds. The molecule has 1 atom stereocenters. The number of carbonyl (C=O) groups excluding carboxylic acids is 1. The van der Waals surface area contributed by atoms with E-state index in [0.29, 0.717) is 6.42 Å². The van der Waals surface area contributed by atoms with Crippen molar-refractivity contribution in [2.45, 2.75) is 12.5 Å². The Hall–Kier alpha value is 0.200. The Bertz CT molecular complexity index is 392. The van der Waals surface area contributed by atoms with Crippen LogP contribution in [0.1, 0.15) is 5.56 Å². The third-order valence-corrected chi connectivity index (χ3v) is 3.68. The third-order valence-electron chi connectivity index (χ3n) is 2.04. The van der Waals surface area contributed by atoms with Crippen LogP contribution in [0.3, 0.4) is 0 Å². The zero-order chi connectivity index (χ0) is 12.3. The summed E-state index contributed by atoms with van der Waals surface area (Å²) in [4.78, 5) is 11.2. The van der Waals surface area contributed by atoms with Gasteiger partial charge in [-0.3, -0.25) is 4.79 Å². The number of ether oxygens (including phenoxy) is 1. The average Bonchev–Trinajstić information content (AvgIpc) is 2.24. The second-order valence-electron chi connectivity index (χ2n) is 3.24. The molecule has 0 saturated carbocycles. The van der Waals surface area contributed by atoms with Gasteiger partial charge in [0.05, 0.1) is 14.3 Å². The molecule has 17 heavy (non-hydrogen) atoms. The van der Waals surface area contributed by atoms with Gasteiger partial charge in [0.2, 0.25) is 0 Å². The average molecular weight is 482 g/mol. The van der Waals surface area contributed by atoms with Crippen LogP contribution in [0.25, 0.3) is 0 Å². The number of aromatic hydroxyl groups is 1. The van der Waals surface area contributed by atoms with Crippen LogP contribution in [0.15, 0.2) is 12.1 Å². The van der Waals surface area contributed by atoms with E-state index < -0.39 is 12.0 Å². The summed E-state index contributed by atoms with van der Waals surface area (Å²) in [6.45, 7) is 0. The fraction of sp³-hybridized carbons (Fsp3) is 0.300. The third kappa shape index (κ3) is 4.76. The van der Waals surface area contributed by atoms with Gasteiger partial charge in [-0.15, -0.1) is 0 Å². The lowest BCUT2D eigenvalue weighted by molar-refractivity contribution is -0.142. The summed E-state index contributed by atoms with van der Waals surface area (Å²) < 4.78 is 6.04. The molecular weight excluding hydrogens is 471 g/mol. The van der Waals surface area contributed by atoms with Crippen molar-refractivity contribution in [3.05, 3.63) is 24.8 Å². The maximum absolute atomic E-state index is 11.2. The van der Waals surface area contributed by atoms with Crippen LogP contribution in [0, 0.1) is 7.14 Å². The van der Waals surface area contributed by atoms with Crippen LogP contribution >= 0.6 is 45.2 Å². The molecule has 0 aliphatic carbocycles. The van der Waals surface area contributed by atoms with Gasteiger partial charge < -0.3 is 28.0 Å². The molecule has 0 heterocycles. The van der Waals surface area contributed by atoms with Gasteiger partial charge in [-0.2, -0.15) is 0 Å². The Kier molecular flexibility index (Phi) is 7.68. The van der Waals surface area contributed by atoms with E-state index in [1.807, 2.05) is 45.2 Å². The maximum atomic E-state index is 11.2. The summed E-state index contributed by atoms with van der Waals surface area (Å²) in [5.74, 6) is -0.172. The molecule has 0 aliphatic heterocycles. The number of benzene rings is 1. The zero-order valence-corrected chi connectivity index (χ0v) is 14.0. The number of nitrogens with two attached hydrogens (primary N) is 1. The van der Waals surface area contributed by atoms with E-state index in [-0.39, 0.29) is 18.2 Å². The van der Waals surface area contributed by atoms with Crippen molar-refractivity contribution in [2.24, 2.45) is 5.73 Å². The summed E-state index contributed by atoms with van der Waals surface area (Å²) in [6.07, 6.45) is 0.402. The van der Waals surface area contributed by atoms with Crippen molar-refractivity contribution in [3.8, 4) is 5.75 Å². The molecule has 0 spiro atoms. The minimum absolute atomic E-state index is 0. The Morgan fingerprint density at radius 3 is 2.35 bits per heavy atom. The van der Waals surface area contributed by atoms with Gasteiger partial charge in [0.1, 0.15) is 11.8 Å². The predicted molar refractivity (Wildman–Crippen MR) is 77.2 cm³/mol. The minimum Gasteiger partial charge on any atom is -1.00 e. The lowest BCUT2D eigenvalue weighted by Crippen LogP contribution is -3.00. The standard InChI is InChI=1S/C10H11I2NO3.ClH/c1-16-10(15)8(13)4-5-2-6(11)9(14)7(12)3-5;/h2-3,8,14H,4,13H2,1H3;1H/p-1/t8-;/m0./s1. The molecule has 4 nitrogen and oxygen atoms in total. The van der Waals surface area contributed by atoms with Crippen LogP contribution in [0.4, 0.5) is 0 Å². The number of hydrogen-bond donors (Lipinski definition) is 2. The highest BCUT2D eigenvalue weighted by Gasteiger charge is 2.15. The molecule has 0 aromatic heterocycles. The van der Waals surface area contributed by atoms with E-state index in [9.17, 15) is 9.90 Å². The van der Waals surface area contributed by atoms with Gasteiger partial charge in [0, 0.05) is 0 Å². The second-order valence-corrected chi connectivity index (χ2v) is 5.57. The molecule has 0 radical (unpaired) electrons. The van der Waals surface area contributed by atoms with Crippen molar-refractivity contribution in [1.29, 1.82) is 0 Å². The summed E-state index contributed by atoms with van der Waals surface area (Å²) in [6, 6.07) is 2.95. The molecule has 3 N–H and O–H groups in total. The zero-order valence-electron chi connectivity index (χ0n) is 8.91. The first kappa shape index (κ1) is 17.2. The van der Waals surface area contributed by atoms with Crippen molar-refractivity contribution in [1.82, 2.24) is 0 Å². The number of rotatable bonds is 3. The molecule has 1 aromatic rings. The van der Waals surface area contributed by atoms with Crippen LogP contribution in [-0.2, 0) is 16.0 Å². The maximum Gasteiger partial charge on any atom is 0.322 e. The number of esters is 1. The molecule has 96 valence electrons. The molecule has 0 saturated heterocycles. The van der Waals surface area contributed by atoms with Gasteiger partial charge in [0.15, 0.2) is 0 Å². The van der Waals surface area contributed by atoms with E-state index in [4.69, 9.17) is 5.73 Å². The SMILES string of the molecule is COC(=O)[C@@H](N)Cc1cc(I)c(O)c(I)c1.[Cl-]. The van der Waals surface area contributed by atoms with E-state index in [2.05, 4.69) is 4.74 Å². The summed E-state index contributed by atoms with van der Waals surface area (Å²) in [5, 5.41) is 9.58. The molecular formula is C10H11ClI2NO3-. The smallest absolute Gasteiger partial charge is 0.322 e. The van der Waals surface area contributed by atoms with Gasteiger partial charge in [-0.05, 0) is 69.3 Å². The number of hydrogen-bond acceptors (Lipinski definition) is 4. The number of carbonyl (C=O) groups is 1. The van der Waals surface area contributed by atoms with Crippen molar-refractivity contribution in [2.75, 3.05) is 7.11 Å². The van der Waals surface area contributed by atoms with E-state index in [1.165, 1.54) is 7.11 Å². The molecule has 7 heteroatoms. The molecule has 0 bridgehead atoms. The molecule has 0 unspecified atom stereocenters. The highest BCUT2D eigenvalue weighted by atomic mass is 127. The second kappa shape index (κ2) is 7.59. The van der Waals surface area contributed by atoms with Crippen molar-refractivity contribution >= 4 is 51.2 Å². The monoisotopic (exact) mass is 482 g/mol. The summed E-state index contributed by atoms with van der Waals surface area (Å²) >= 11 is 4.07. The van der Waals surface area contributed by atoms with Gasteiger partial charge in [-0.25, -0.2) is 0 Å². The number of methoxy groups -OCH3 is 1. The van der Waals surface area contributed by atoms with E-state index in [1.54, 1.807) is 12.1 Å². The number of halogens is 3. The van der Waals surface area contributed by atoms with E-state index in [0.717, 1.165) is 12.7 Å². The van der Waals surface area contributed by atoms with Gasteiger partial charge >= 0.3 is 5.97 Å². The van der Waals surface area contributed by atoms with Crippen LogP contribution in [-0.4, -0.2) is 24.2 Å². The quantitative estimate of drug-likeness (QED) is 0.413. The molecule has 1 rings (SSSR count). The minimum atomic E-state index is -0.666. The van der Waals surface area contributed by atoms with Crippen molar-refractivity contribution in [3.63, 3.8) is 0 Å². The first-order chi connectivity index (χ1) is 7.45. The summed E-state index contributed by atoms with van der Waals surface area (Å²) in [7, 11) is 1.31. The first-order valence-corrected chi connectivity index (χ1v) is 6.61. The lowest BCUT2D eigenvalue weighted by Gasteiger charge is -2.10. The Labute approximate surface area is 133 Å². The van der Waals surface area contributed by atoms with Crippen molar-refractivity contribution < 1.29 is 27.0 Å². The molecule has 0 aliphatic rings. The fourth-order valence-corrected chi connectivity index (χ4v) is 3.12. The predicted octanol–water partition coefficient (Wildman–Crippen LogP) is -1.35. The molecule has 1 aromatic carbocycles. The first-order valence-electron chi connectivity index (χ1n) is 4.46. The fourth-order valence-electron chi connectivity index (χ4n) is 1.22. The lowest BCUT2D eigenvalue weighted by atomic mass is 10.1. The van der Waals surface area contributed by atoms with Gasteiger partial charge in [-0.1, -0.05) is 0 Å². The Balaban J connectivity index is 0.00000256. The largest absolute Gasteiger partial charge is 1.00 e. The Morgan fingerprint density at radius 2 is 1.94 bits per heavy atom. The van der Waals surface area contributed by atoms with Gasteiger partial charge in [0.25, 0.3) is 0 Å². The normalized spacial score (nSPS) is 11.5. The highest BCUT2D eigenvalue weighted by molar-refractivity contribution is 14.1. The number of phenols is 1. The van der Waals surface area contributed by atoms with E-state index >= 15 is 0 Å². The summed E-state index contributed by atoms with van der Waals surface area (Å²) in [5.41, 5.74) is 6.56. The van der Waals surface area contributed by atoms with Crippen LogP contribution in [0.5, 0.6) is 5.75 Å². The topological polar surface area (TPSA) is 72.5 Å². The molecule has 0 fully saturated rings. The number of phenolic OH excluding ortho intramolecular Hbond substituents is 1. The highest BCUT2D eigenvalue weighted by Crippen LogP contribution is 2.27. The van der Waals surface area contributed by atoms with Crippen LogP contribution < -0.4 is 18.1 Å². The van der Waals surface area contributed by atoms with Crippen LogP contribution in [0.2, 0.25) is 0 Å². The Morgan fingerprint density at radius 1 is 1.47 bits per heavy atom.